The molecule has 2 aliphatic rings. The van der Waals surface area contributed by atoms with E-state index in [0.29, 0.717) is 24.4 Å². The highest BCUT2D eigenvalue weighted by Gasteiger charge is 2.33. The highest BCUT2D eigenvalue weighted by atomic mass is 32.2. The predicted octanol–water partition coefficient (Wildman–Crippen LogP) is 2.18. The second kappa shape index (κ2) is 9.08. The fraction of sp³-hybridized carbons (Fsp3) is 0.591. The lowest BCUT2D eigenvalue weighted by molar-refractivity contribution is -0.126. The van der Waals surface area contributed by atoms with Crippen LogP contribution < -0.4 is 5.32 Å². The van der Waals surface area contributed by atoms with Gasteiger partial charge in [-0.05, 0) is 63.0 Å². The van der Waals surface area contributed by atoms with Gasteiger partial charge < -0.3 is 14.8 Å². The second-order valence-corrected chi connectivity index (χ2v) is 10.5. The minimum absolute atomic E-state index is 0.0228. The van der Waals surface area contributed by atoms with Crippen molar-refractivity contribution in [3.8, 4) is 0 Å². The van der Waals surface area contributed by atoms with Crippen LogP contribution in [0.25, 0.3) is 10.9 Å². The van der Waals surface area contributed by atoms with Crippen LogP contribution >= 0.6 is 0 Å². The van der Waals surface area contributed by atoms with Crippen LogP contribution in [0.4, 0.5) is 0 Å². The summed E-state index contributed by atoms with van der Waals surface area (Å²) < 4.78 is 29.9. The van der Waals surface area contributed by atoms with Gasteiger partial charge in [0.15, 0.2) is 0 Å². The number of carbonyl (C=O) groups is 1. The van der Waals surface area contributed by atoms with E-state index in [1.165, 1.54) is 23.6 Å². The lowest BCUT2D eigenvalue weighted by Crippen LogP contribution is -2.46. The molecule has 2 fully saturated rings. The first-order valence-corrected chi connectivity index (χ1v) is 12.4. The van der Waals surface area contributed by atoms with Gasteiger partial charge in [0.05, 0.1) is 10.8 Å². The normalized spacial score (nSPS) is 21.7. The molecule has 8 heteroatoms. The number of nitrogens with zero attached hydrogens (tertiary/aromatic N) is 3. The lowest BCUT2D eigenvalue weighted by atomic mass is 9.99. The van der Waals surface area contributed by atoms with Crippen LogP contribution in [-0.4, -0.2) is 67.4 Å². The molecule has 1 N–H and O–H groups in total. The molecule has 2 aromatic rings. The van der Waals surface area contributed by atoms with Crippen molar-refractivity contribution >= 4 is 26.8 Å². The van der Waals surface area contributed by atoms with Crippen LogP contribution in [0.3, 0.4) is 0 Å². The fourth-order valence-corrected chi connectivity index (χ4v) is 6.17. The third-order valence-electron chi connectivity index (χ3n) is 6.43. The van der Waals surface area contributed by atoms with Crippen molar-refractivity contribution in [3.05, 3.63) is 30.5 Å². The van der Waals surface area contributed by atoms with Gasteiger partial charge in [-0.25, -0.2) is 8.42 Å². The molecule has 2 saturated heterocycles. The van der Waals surface area contributed by atoms with E-state index in [1.807, 2.05) is 29.9 Å². The van der Waals surface area contributed by atoms with Crippen LogP contribution in [0.15, 0.2) is 35.4 Å². The SMILES string of the molecule is Cn1ccc2cc(S(=O)(=O)N3CCC[C@@H](C(=O)NCCN4CCCCC4)C3)ccc21. The number of nitrogens with one attached hydrogen (secondary N) is 1. The second-order valence-electron chi connectivity index (χ2n) is 8.54. The number of benzene rings is 1. The van der Waals surface area contributed by atoms with E-state index < -0.39 is 10.0 Å². The Morgan fingerprint density at radius 3 is 2.70 bits per heavy atom. The number of carbonyl (C=O) groups excluding carboxylic acids is 1. The maximum Gasteiger partial charge on any atom is 0.243 e. The fourth-order valence-electron chi connectivity index (χ4n) is 4.61. The smallest absolute Gasteiger partial charge is 0.243 e. The topological polar surface area (TPSA) is 74.6 Å². The average molecular weight is 433 g/mol. The monoisotopic (exact) mass is 432 g/mol. The van der Waals surface area contributed by atoms with Crippen LogP contribution in [0.2, 0.25) is 0 Å². The molecule has 0 spiro atoms. The molecule has 0 unspecified atom stereocenters. The number of amides is 1. The Bertz CT molecular complexity index is 995. The molecule has 0 radical (unpaired) electrons. The van der Waals surface area contributed by atoms with Gasteiger partial charge in [0.1, 0.15) is 0 Å². The van der Waals surface area contributed by atoms with Gasteiger partial charge >= 0.3 is 0 Å². The Hall–Kier alpha value is -1.90. The highest BCUT2D eigenvalue weighted by molar-refractivity contribution is 7.89. The molecule has 1 aromatic heterocycles. The van der Waals surface area contributed by atoms with E-state index in [0.717, 1.165) is 37.0 Å². The minimum Gasteiger partial charge on any atom is -0.355 e. The van der Waals surface area contributed by atoms with E-state index in [9.17, 15) is 13.2 Å². The molecule has 0 aliphatic carbocycles. The van der Waals surface area contributed by atoms with E-state index in [1.54, 1.807) is 12.1 Å². The molecule has 2 aliphatic heterocycles. The Labute approximate surface area is 179 Å². The maximum absolute atomic E-state index is 13.2. The van der Waals surface area contributed by atoms with E-state index in [4.69, 9.17) is 0 Å². The number of fused-ring (bicyclic) bond motifs is 1. The Morgan fingerprint density at radius 1 is 1.10 bits per heavy atom. The summed E-state index contributed by atoms with van der Waals surface area (Å²) in [6, 6.07) is 7.16. The van der Waals surface area contributed by atoms with Gasteiger partial charge in [-0.3, -0.25) is 4.79 Å². The molecular weight excluding hydrogens is 400 g/mol. The number of aryl methyl sites for hydroxylation is 1. The Balaban J connectivity index is 1.37. The Kier molecular flexibility index (Phi) is 6.46. The summed E-state index contributed by atoms with van der Waals surface area (Å²) >= 11 is 0. The number of aromatic nitrogens is 1. The van der Waals surface area contributed by atoms with Gasteiger partial charge in [-0.1, -0.05) is 6.42 Å². The van der Waals surface area contributed by atoms with Gasteiger partial charge in [0.2, 0.25) is 15.9 Å². The van der Waals surface area contributed by atoms with Crippen LogP contribution in [0.1, 0.15) is 32.1 Å². The average Bonchev–Trinajstić information content (AvgIpc) is 3.15. The van der Waals surface area contributed by atoms with Crippen molar-refractivity contribution in [1.29, 1.82) is 0 Å². The molecule has 1 amide bonds. The first kappa shape index (κ1) is 21.3. The number of sulfonamides is 1. The molecule has 1 aromatic carbocycles. The number of hydrogen-bond acceptors (Lipinski definition) is 4. The van der Waals surface area contributed by atoms with Crippen LogP contribution in [0.5, 0.6) is 0 Å². The lowest BCUT2D eigenvalue weighted by Gasteiger charge is -2.31. The molecule has 164 valence electrons. The van der Waals surface area contributed by atoms with Crippen molar-refractivity contribution in [2.24, 2.45) is 13.0 Å². The summed E-state index contributed by atoms with van der Waals surface area (Å²) in [5.74, 6) is -0.305. The van der Waals surface area contributed by atoms with Crippen LogP contribution in [0, 0.1) is 5.92 Å². The zero-order valence-corrected chi connectivity index (χ0v) is 18.5. The predicted molar refractivity (Wildman–Crippen MR) is 118 cm³/mol. The first-order chi connectivity index (χ1) is 14.4. The first-order valence-electron chi connectivity index (χ1n) is 11.0. The summed E-state index contributed by atoms with van der Waals surface area (Å²) in [5.41, 5.74) is 0.999. The van der Waals surface area contributed by atoms with Crippen molar-refractivity contribution in [3.63, 3.8) is 0 Å². The summed E-state index contributed by atoms with van der Waals surface area (Å²) in [6.45, 7) is 4.44. The van der Waals surface area contributed by atoms with Crippen molar-refractivity contribution in [2.45, 2.75) is 37.0 Å². The number of piperidine rings is 2. The zero-order valence-electron chi connectivity index (χ0n) is 17.7. The number of hydrogen-bond donors (Lipinski definition) is 1. The molecule has 3 heterocycles. The van der Waals surface area contributed by atoms with Gasteiger partial charge in [-0.2, -0.15) is 4.31 Å². The molecular formula is C22H32N4O3S. The van der Waals surface area contributed by atoms with E-state index >= 15 is 0 Å². The van der Waals surface area contributed by atoms with E-state index in [-0.39, 0.29) is 18.4 Å². The largest absolute Gasteiger partial charge is 0.355 e. The van der Waals surface area contributed by atoms with Gasteiger partial charge in [0, 0.05) is 50.3 Å². The third kappa shape index (κ3) is 4.55. The quantitative estimate of drug-likeness (QED) is 0.759. The molecule has 0 bridgehead atoms. The maximum atomic E-state index is 13.2. The molecule has 4 rings (SSSR count). The van der Waals surface area contributed by atoms with Crippen molar-refractivity contribution < 1.29 is 13.2 Å². The molecule has 1 atom stereocenters. The van der Waals surface area contributed by atoms with Gasteiger partial charge in [-0.15, -0.1) is 0 Å². The molecule has 0 saturated carbocycles. The standard InChI is InChI=1S/C22H32N4O3S/c1-24-14-9-18-16-20(7-8-21(18)24)30(28,29)26-13-5-6-19(17-26)22(27)23-10-15-25-11-3-2-4-12-25/h7-9,14,16,19H,2-6,10-13,15,17H2,1H3,(H,23,27)/t19-/m1/s1. The molecule has 7 nitrogen and oxygen atoms in total. The summed E-state index contributed by atoms with van der Waals surface area (Å²) in [6.07, 6.45) is 7.13. The van der Waals surface area contributed by atoms with Gasteiger partial charge in [0.25, 0.3) is 0 Å². The van der Waals surface area contributed by atoms with Crippen LogP contribution in [-0.2, 0) is 21.9 Å². The summed E-state index contributed by atoms with van der Waals surface area (Å²) in [7, 11) is -1.67. The van der Waals surface area contributed by atoms with Crippen molar-refractivity contribution in [1.82, 2.24) is 19.1 Å². The molecule has 30 heavy (non-hydrogen) atoms. The number of likely N-dealkylation sites (tertiary alicyclic amines) is 1. The Morgan fingerprint density at radius 2 is 1.90 bits per heavy atom. The van der Waals surface area contributed by atoms with E-state index in [2.05, 4.69) is 10.2 Å². The van der Waals surface area contributed by atoms with Crippen molar-refractivity contribution in [2.75, 3.05) is 39.3 Å². The third-order valence-corrected chi connectivity index (χ3v) is 8.29. The summed E-state index contributed by atoms with van der Waals surface area (Å²) in [4.78, 5) is 15.4. The highest BCUT2D eigenvalue weighted by Crippen LogP contribution is 2.26. The minimum atomic E-state index is -3.61. The summed E-state index contributed by atoms with van der Waals surface area (Å²) in [5, 5.41) is 3.94. The number of rotatable bonds is 6. The zero-order chi connectivity index (χ0) is 21.1.